The van der Waals surface area contributed by atoms with Crippen LogP contribution >= 0.6 is 24.0 Å². The van der Waals surface area contributed by atoms with E-state index in [-0.39, 0.29) is 32.0 Å². The molecule has 0 saturated carbocycles. The molecule has 8 heteroatoms. The molecular formula is C17H11NO5S2. The minimum atomic E-state index is -1.16. The Kier molecular flexibility index (Phi) is 4.47. The van der Waals surface area contributed by atoms with Crippen LogP contribution in [0.25, 0.3) is 6.08 Å². The van der Waals surface area contributed by atoms with Crippen molar-refractivity contribution < 1.29 is 24.9 Å². The molecule has 2 aromatic carbocycles. The number of thiocarbonyl (C=S) groups is 1. The van der Waals surface area contributed by atoms with Gasteiger partial charge in [-0.25, -0.2) is 4.79 Å². The van der Waals surface area contributed by atoms with E-state index in [0.29, 0.717) is 5.56 Å². The van der Waals surface area contributed by atoms with Gasteiger partial charge in [0.15, 0.2) is 4.32 Å². The van der Waals surface area contributed by atoms with Crippen LogP contribution in [0.4, 0.5) is 5.69 Å². The third-order valence-corrected chi connectivity index (χ3v) is 4.77. The topological polar surface area (TPSA) is 98.1 Å². The van der Waals surface area contributed by atoms with Crippen LogP contribution in [0.2, 0.25) is 0 Å². The molecule has 1 aliphatic rings. The molecule has 1 heterocycles. The molecule has 0 spiro atoms. The second-order valence-corrected chi connectivity index (χ2v) is 6.76. The average molecular weight is 373 g/mol. The summed E-state index contributed by atoms with van der Waals surface area (Å²) < 4.78 is 0.197. The second-order valence-electron chi connectivity index (χ2n) is 5.08. The third-order valence-electron chi connectivity index (χ3n) is 3.47. The van der Waals surface area contributed by atoms with Crippen molar-refractivity contribution in [3.05, 3.63) is 58.5 Å². The van der Waals surface area contributed by atoms with Gasteiger partial charge in [0.1, 0.15) is 11.5 Å². The monoisotopic (exact) mass is 373 g/mol. The van der Waals surface area contributed by atoms with E-state index >= 15 is 0 Å². The summed E-state index contributed by atoms with van der Waals surface area (Å²) in [6.07, 6.45) is 1.44. The van der Waals surface area contributed by atoms with Crippen molar-refractivity contribution in [1.82, 2.24) is 0 Å². The Hall–Kier alpha value is -2.84. The van der Waals surface area contributed by atoms with E-state index in [1.807, 2.05) is 0 Å². The van der Waals surface area contributed by atoms with Crippen molar-refractivity contribution in [3.63, 3.8) is 0 Å². The van der Waals surface area contributed by atoms with Gasteiger partial charge in [0.25, 0.3) is 5.91 Å². The molecule has 0 bridgehead atoms. The van der Waals surface area contributed by atoms with Crippen LogP contribution in [0.15, 0.2) is 47.4 Å². The number of carbonyl (C=O) groups excluding carboxylic acids is 1. The van der Waals surface area contributed by atoms with E-state index in [2.05, 4.69) is 0 Å². The first kappa shape index (κ1) is 17.0. The predicted octanol–water partition coefficient (Wildman–Crippen LogP) is 3.20. The highest BCUT2D eigenvalue weighted by atomic mass is 32.2. The number of carboxylic acids is 1. The summed E-state index contributed by atoms with van der Waals surface area (Å²) in [5.41, 5.74) is 0.494. The van der Waals surface area contributed by atoms with Crippen molar-refractivity contribution in [2.24, 2.45) is 0 Å². The molecule has 2 aromatic rings. The fourth-order valence-corrected chi connectivity index (χ4v) is 3.60. The molecule has 0 aliphatic carbocycles. The van der Waals surface area contributed by atoms with Crippen molar-refractivity contribution in [1.29, 1.82) is 0 Å². The summed E-state index contributed by atoms with van der Waals surface area (Å²) in [6.45, 7) is 0. The van der Waals surface area contributed by atoms with Crippen molar-refractivity contribution in [3.8, 4) is 11.5 Å². The van der Waals surface area contributed by atoms with Crippen LogP contribution in [-0.2, 0) is 4.79 Å². The van der Waals surface area contributed by atoms with Crippen LogP contribution in [0, 0.1) is 0 Å². The van der Waals surface area contributed by atoms with Gasteiger partial charge in [0.2, 0.25) is 0 Å². The molecule has 1 aliphatic heterocycles. The number of carbonyl (C=O) groups is 2. The van der Waals surface area contributed by atoms with Crippen LogP contribution in [0.1, 0.15) is 15.9 Å². The van der Waals surface area contributed by atoms with E-state index in [4.69, 9.17) is 12.2 Å². The van der Waals surface area contributed by atoms with Crippen LogP contribution in [-0.4, -0.2) is 31.5 Å². The summed E-state index contributed by atoms with van der Waals surface area (Å²) in [6, 6.07) is 10.1. The highest BCUT2D eigenvalue weighted by Gasteiger charge is 2.35. The third kappa shape index (κ3) is 3.21. The number of aromatic hydroxyl groups is 2. The summed E-state index contributed by atoms with van der Waals surface area (Å²) in [4.78, 5) is 25.5. The molecule has 3 rings (SSSR count). The van der Waals surface area contributed by atoms with Gasteiger partial charge in [0.05, 0.1) is 16.2 Å². The number of phenols is 2. The summed E-state index contributed by atoms with van der Waals surface area (Å²) in [7, 11) is 0. The Morgan fingerprint density at radius 1 is 1.16 bits per heavy atom. The largest absolute Gasteiger partial charge is 0.508 e. The number of benzene rings is 2. The second kappa shape index (κ2) is 6.58. The number of carboxylic acid groups (broad SMARTS) is 1. The summed E-state index contributed by atoms with van der Waals surface area (Å²) >= 11 is 6.23. The first-order valence-corrected chi connectivity index (χ1v) is 8.23. The Morgan fingerprint density at radius 2 is 1.88 bits per heavy atom. The SMILES string of the molecule is O=C(O)c1ccccc1N1C(=O)/C(=C/c2ccc(O)cc2O)SC1=S. The highest BCUT2D eigenvalue weighted by Crippen LogP contribution is 2.38. The van der Waals surface area contributed by atoms with E-state index < -0.39 is 11.9 Å². The highest BCUT2D eigenvalue weighted by molar-refractivity contribution is 8.27. The Bertz CT molecular complexity index is 938. The van der Waals surface area contributed by atoms with Crippen molar-refractivity contribution >= 4 is 51.9 Å². The van der Waals surface area contributed by atoms with Gasteiger partial charge in [-0.15, -0.1) is 0 Å². The maximum atomic E-state index is 12.7. The summed E-state index contributed by atoms with van der Waals surface area (Å²) in [5, 5.41) is 28.5. The minimum Gasteiger partial charge on any atom is -0.508 e. The van der Waals surface area contributed by atoms with E-state index in [9.17, 15) is 24.9 Å². The van der Waals surface area contributed by atoms with Crippen molar-refractivity contribution in [2.75, 3.05) is 4.90 Å². The van der Waals surface area contributed by atoms with E-state index in [1.54, 1.807) is 12.1 Å². The zero-order valence-electron chi connectivity index (χ0n) is 12.5. The van der Waals surface area contributed by atoms with E-state index in [1.165, 1.54) is 30.3 Å². The molecule has 1 fully saturated rings. The molecule has 0 aromatic heterocycles. The van der Waals surface area contributed by atoms with Crippen LogP contribution in [0.5, 0.6) is 11.5 Å². The lowest BCUT2D eigenvalue weighted by Crippen LogP contribution is -2.29. The molecule has 25 heavy (non-hydrogen) atoms. The zero-order chi connectivity index (χ0) is 18.1. The maximum absolute atomic E-state index is 12.7. The Morgan fingerprint density at radius 3 is 2.56 bits per heavy atom. The lowest BCUT2D eigenvalue weighted by atomic mass is 10.1. The van der Waals surface area contributed by atoms with Crippen LogP contribution < -0.4 is 4.90 Å². The number of rotatable bonds is 3. The standard InChI is InChI=1S/C17H11NO5S2/c19-10-6-5-9(13(20)8-10)7-14-15(21)18(17(24)25-14)12-4-2-1-3-11(12)16(22)23/h1-8,19-20H,(H,22,23)/b14-7-. The Labute approximate surface area is 152 Å². The quantitative estimate of drug-likeness (QED) is 0.561. The molecule has 0 radical (unpaired) electrons. The predicted molar refractivity (Wildman–Crippen MR) is 98.8 cm³/mol. The van der Waals surface area contributed by atoms with Gasteiger partial charge in [-0.1, -0.05) is 36.1 Å². The first-order valence-electron chi connectivity index (χ1n) is 7.00. The number of hydrogen-bond acceptors (Lipinski definition) is 6. The first-order chi connectivity index (χ1) is 11.9. The molecule has 0 atom stereocenters. The summed E-state index contributed by atoms with van der Waals surface area (Å²) in [5.74, 6) is -1.92. The lowest BCUT2D eigenvalue weighted by molar-refractivity contribution is -0.113. The van der Waals surface area contributed by atoms with Gasteiger partial charge in [-0.05, 0) is 30.3 Å². The van der Waals surface area contributed by atoms with Gasteiger partial charge in [-0.3, -0.25) is 9.69 Å². The molecular weight excluding hydrogens is 362 g/mol. The normalized spacial score (nSPS) is 15.8. The number of anilines is 1. The molecule has 0 unspecified atom stereocenters. The molecule has 6 nitrogen and oxygen atoms in total. The molecule has 1 saturated heterocycles. The molecule has 1 amide bonds. The number of hydrogen-bond donors (Lipinski definition) is 3. The lowest BCUT2D eigenvalue weighted by Gasteiger charge is -2.16. The number of phenolic OH excluding ortho intramolecular Hbond substituents is 2. The Balaban J connectivity index is 2.01. The van der Waals surface area contributed by atoms with Crippen LogP contribution in [0.3, 0.4) is 0 Å². The van der Waals surface area contributed by atoms with Gasteiger partial charge >= 0.3 is 5.97 Å². The van der Waals surface area contributed by atoms with Crippen molar-refractivity contribution in [2.45, 2.75) is 0 Å². The number of aromatic carboxylic acids is 1. The number of thioether (sulfide) groups is 1. The fourth-order valence-electron chi connectivity index (χ4n) is 2.32. The number of amides is 1. The van der Waals surface area contributed by atoms with Gasteiger partial charge in [0, 0.05) is 11.6 Å². The van der Waals surface area contributed by atoms with Gasteiger partial charge < -0.3 is 15.3 Å². The number of para-hydroxylation sites is 1. The zero-order valence-corrected chi connectivity index (χ0v) is 14.2. The minimum absolute atomic E-state index is 0.0347. The smallest absolute Gasteiger partial charge is 0.337 e. The average Bonchev–Trinajstić information content (AvgIpc) is 2.84. The number of nitrogens with zero attached hydrogens (tertiary/aromatic N) is 1. The van der Waals surface area contributed by atoms with E-state index in [0.717, 1.165) is 22.7 Å². The van der Waals surface area contributed by atoms with Gasteiger partial charge in [-0.2, -0.15) is 0 Å². The molecule has 3 N–H and O–H groups in total. The molecule has 126 valence electrons. The fraction of sp³-hybridized carbons (Fsp3) is 0. The maximum Gasteiger partial charge on any atom is 0.337 e.